The van der Waals surface area contributed by atoms with Gasteiger partial charge in [0, 0.05) is 0 Å². The van der Waals surface area contributed by atoms with E-state index in [0.29, 0.717) is 3.43 Å². The maximum atomic E-state index is 12.7. The van der Waals surface area contributed by atoms with Gasteiger partial charge in [-0.1, -0.05) is 0 Å². The molecule has 0 unspecified atom stereocenters. The van der Waals surface area contributed by atoms with E-state index in [0.717, 1.165) is 9.27 Å². The van der Waals surface area contributed by atoms with Crippen molar-refractivity contribution in [3.63, 3.8) is 0 Å². The number of rotatable bonds is 1. The molecule has 0 spiro atoms. The topological polar surface area (TPSA) is 12.9 Å². The van der Waals surface area contributed by atoms with Crippen molar-refractivity contribution in [3.8, 4) is 0 Å². The Morgan fingerprint density at radius 2 is 2.00 bits per heavy atom. The molecule has 0 aliphatic rings. The molecule has 0 fully saturated rings. The third-order valence-electron chi connectivity index (χ3n) is 1.54. The Bertz CT molecular complexity index is 304. The number of nitrogens with zero attached hydrogens (tertiary/aromatic N) is 1. The van der Waals surface area contributed by atoms with Crippen molar-refractivity contribution in [1.29, 1.82) is 0 Å². The van der Waals surface area contributed by atoms with Crippen LogP contribution in [0.2, 0.25) is 3.43 Å². The van der Waals surface area contributed by atoms with Gasteiger partial charge in [0.15, 0.2) is 0 Å². The summed E-state index contributed by atoms with van der Waals surface area (Å²) in [5, 5.41) is 0. The fourth-order valence-electron chi connectivity index (χ4n) is 1.03. The van der Waals surface area contributed by atoms with Crippen molar-refractivity contribution in [2.24, 2.45) is 0 Å². The average molecular weight is 286 g/mol. The minimum atomic E-state index is -0.683. The molecule has 1 aromatic heterocycles. The summed E-state index contributed by atoms with van der Waals surface area (Å²) in [6, 6.07) is 1.58. The third kappa shape index (κ3) is 3.63. The minimum absolute atomic E-state index is 0.227. The number of aryl methyl sites for hydroxylation is 1. The molecule has 13 heavy (non-hydrogen) atoms. The standard InChI is InChI=1S/C6H5FN.C4H9.Sn/c1-5-2-6(7)4-8-3-5;1-4(2)3;/h2,4H,1H3;1-3H3;. The molecule has 0 N–H and O–H groups in total. The van der Waals surface area contributed by atoms with E-state index in [1.807, 2.05) is 6.92 Å². The summed E-state index contributed by atoms with van der Waals surface area (Å²) in [5.41, 5.74) is 1.02. The van der Waals surface area contributed by atoms with Crippen LogP contribution in [0.25, 0.3) is 0 Å². The zero-order valence-electron chi connectivity index (χ0n) is 8.48. The molecule has 1 aromatic rings. The van der Waals surface area contributed by atoms with E-state index in [1.165, 1.54) is 6.20 Å². The van der Waals surface area contributed by atoms with Crippen LogP contribution in [-0.2, 0) is 0 Å². The van der Waals surface area contributed by atoms with Gasteiger partial charge in [0.1, 0.15) is 0 Å². The number of hydrogen-bond acceptors (Lipinski definition) is 1. The van der Waals surface area contributed by atoms with E-state index >= 15 is 0 Å². The van der Waals surface area contributed by atoms with Crippen molar-refractivity contribution < 1.29 is 4.39 Å². The van der Waals surface area contributed by atoms with E-state index in [9.17, 15) is 4.39 Å². The predicted octanol–water partition coefficient (Wildman–Crippen LogP) is 2.08. The molecule has 70 valence electrons. The molecule has 0 aliphatic heterocycles. The first-order valence-electron chi connectivity index (χ1n) is 4.29. The summed E-state index contributed by atoms with van der Waals surface area (Å²) < 4.78 is 14.3. The predicted molar refractivity (Wildman–Crippen MR) is 54.0 cm³/mol. The molecule has 1 heterocycles. The Morgan fingerprint density at radius 1 is 1.38 bits per heavy atom. The van der Waals surface area contributed by atoms with Gasteiger partial charge < -0.3 is 0 Å². The molecule has 0 aliphatic carbocycles. The molecule has 0 saturated carbocycles. The zero-order chi connectivity index (χ0) is 10.1. The van der Waals surface area contributed by atoms with Crippen molar-refractivity contribution in [3.05, 3.63) is 23.6 Å². The van der Waals surface area contributed by atoms with Crippen molar-refractivity contribution >= 4 is 24.9 Å². The molecular formula is C10H14FNSn. The van der Waals surface area contributed by atoms with Crippen molar-refractivity contribution in [1.82, 2.24) is 4.98 Å². The molecule has 0 bridgehead atoms. The first-order valence-corrected chi connectivity index (χ1v) is 7.14. The number of aromatic nitrogens is 1. The van der Waals surface area contributed by atoms with Crippen LogP contribution < -0.4 is 3.71 Å². The Kier molecular flexibility index (Phi) is 3.32. The van der Waals surface area contributed by atoms with E-state index in [1.54, 1.807) is 6.07 Å². The second kappa shape index (κ2) is 3.94. The number of hydrogen-bond donors (Lipinski definition) is 0. The molecule has 1 rings (SSSR count). The molecular weight excluding hydrogens is 272 g/mol. The summed E-state index contributed by atoms with van der Waals surface area (Å²) >= 11 is -0.683. The van der Waals surface area contributed by atoms with Crippen LogP contribution in [0, 0.1) is 12.7 Å². The quantitative estimate of drug-likeness (QED) is 0.720. The summed E-state index contributed by atoms with van der Waals surface area (Å²) in [7, 11) is 0. The number of pyridine rings is 1. The van der Waals surface area contributed by atoms with Crippen LogP contribution in [0.15, 0.2) is 12.3 Å². The molecule has 0 amide bonds. The van der Waals surface area contributed by atoms with Gasteiger partial charge in [0.05, 0.1) is 0 Å². The summed E-state index contributed by atoms with van der Waals surface area (Å²) in [5.74, 6) is -0.227. The molecule has 0 aromatic carbocycles. The van der Waals surface area contributed by atoms with Crippen LogP contribution in [0.4, 0.5) is 4.39 Å². The molecule has 0 saturated heterocycles. The third-order valence-corrected chi connectivity index (χ3v) is 5.85. The van der Waals surface area contributed by atoms with E-state index in [4.69, 9.17) is 0 Å². The van der Waals surface area contributed by atoms with Gasteiger partial charge in [0.2, 0.25) is 0 Å². The summed E-state index contributed by atoms with van der Waals surface area (Å²) in [4.78, 5) is 4.16. The van der Waals surface area contributed by atoms with Crippen LogP contribution in [0.1, 0.15) is 26.3 Å². The second-order valence-electron chi connectivity index (χ2n) is 4.19. The first-order chi connectivity index (χ1) is 5.88. The normalized spacial score (nSPS) is 11.8. The van der Waals surface area contributed by atoms with Crippen LogP contribution >= 0.6 is 0 Å². The van der Waals surface area contributed by atoms with Crippen LogP contribution in [-0.4, -0.2) is 26.1 Å². The van der Waals surface area contributed by atoms with Gasteiger partial charge >= 0.3 is 89.0 Å². The maximum absolute atomic E-state index is 12.7. The summed E-state index contributed by atoms with van der Waals surface area (Å²) in [6.07, 6.45) is 1.33. The Balaban J connectivity index is 2.90. The van der Waals surface area contributed by atoms with E-state index in [-0.39, 0.29) is 5.82 Å². The first kappa shape index (κ1) is 11.0. The second-order valence-corrected chi connectivity index (χ2v) is 10.5. The Morgan fingerprint density at radius 3 is 2.46 bits per heavy atom. The molecule has 0 atom stereocenters. The zero-order valence-corrected chi connectivity index (χ0v) is 11.3. The van der Waals surface area contributed by atoms with Crippen LogP contribution in [0.5, 0.6) is 0 Å². The van der Waals surface area contributed by atoms with E-state index in [2.05, 4.69) is 25.8 Å². The SMILES string of the molecule is Cc1cc(F)cn[c]1[Sn][C](C)(C)C. The van der Waals surface area contributed by atoms with Crippen LogP contribution in [0.3, 0.4) is 0 Å². The van der Waals surface area contributed by atoms with Gasteiger partial charge in [-0.15, -0.1) is 0 Å². The van der Waals surface area contributed by atoms with Gasteiger partial charge in [-0.05, 0) is 0 Å². The monoisotopic (exact) mass is 287 g/mol. The van der Waals surface area contributed by atoms with E-state index < -0.39 is 21.1 Å². The van der Waals surface area contributed by atoms with Crippen molar-refractivity contribution in [2.45, 2.75) is 31.1 Å². The van der Waals surface area contributed by atoms with Gasteiger partial charge in [-0.2, -0.15) is 0 Å². The number of halogens is 1. The molecule has 3 heteroatoms. The van der Waals surface area contributed by atoms with Crippen molar-refractivity contribution in [2.75, 3.05) is 0 Å². The fourth-order valence-corrected chi connectivity index (χ4v) is 4.19. The van der Waals surface area contributed by atoms with Gasteiger partial charge in [-0.3, -0.25) is 0 Å². The summed E-state index contributed by atoms with van der Waals surface area (Å²) in [6.45, 7) is 8.62. The fraction of sp³-hybridized carbons (Fsp3) is 0.500. The molecule has 1 nitrogen and oxygen atoms in total. The Labute approximate surface area is 89.0 Å². The average Bonchev–Trinajstić information content (AvgIpc) is 1.93. The Hall–Kier alpha value is -0.121. The molecule has 2 radical (unpaired) electrons. The van der Waals surface area contributed by atoms with Gasteiger partial charge in [0.25, 0.3) is 0 Å². The van der Waals surface area contributed by atoms with Gasteiger partial charge in [-0.25, -0.2) is 0 Å².